The standard InChI is InChI=1S/C15H9BrN4O4/c16-10-7-5-9(6-8-10)13(21)17-15-19-18-14(24-15)11-3-1-2-4-12(11)20(22)23/h1-8H,(H,17,19,21). The third kappa shape index (κ3) is 3.30. The molecule has 0 aliphatic carbocycles. The molecule has 0 saturated carbocycles. The average molecular weight is 389 g/mol. The quantitative estimate of drug-likeness (QED) is 0.539. The molecule has 1 amide bonds. The zero-order valence-corrected chi connectivity index (χ0v) is 13.6. The highest BCUT2D eigenvalue weighted by Crippen LogP contribution is 2.29. The highest BCUT2D eigenvalue weighted by atomic mass is 79.9. The summed E-state index contributed by atoms with van der Waals surface area (Å²) >= 11 is 3.28. The maximum atomic E-state index is 12.1. The van der Waals surface area contributed by atoms with Crippen LogP contribution in [0.5, 0.6) is 0 Å². The molecular formula is C15H9BrN4O4. The van der Waals surface area contributed by atoms with E-state index in [0.29, 0.717) is 5.56 Å². The number of halogens is 1. The summed E-state index contributed by atoms with van der Waals surface area (Å²) < 4.78 is 6.15. The Morgan fingerprint density at radius 1 is 1.12 bits per heavy atom. The first-order chi connectivity index (χ1) is 11.5. The van der Waals surface area contributed by atoms with Crippen LogP contribution in [0.25, 0.3) is 11.5 Å². The van der Waals surface area contributed by atoms with E-state index in [1.165, 1.54) is 18.2 Å². The Labute approximate surface area is 143 Å². The van der Waals surface area contributed by atoms with Gasteiger partial charge in [-0.25, -0.2) is 0 Å². The number of benzene rings is 2. The number of hydrogen-bond acceptors (Lipinski definition) is 6. The number of nitrogens with one attached hydrogen (secondary N) is 1. The molecule has 1 N–H and O–H groups in total. The topological polar surface area (TPSA) is 111 Å². The summed E-state index contributed by atoms with van der Waals surface area (Å²) in [6, 6.07) is 12.5. The third-order valence-electron chi connectivity index (χ3n) is 3.08. The smallest absolute Gasteiger partial charge is 0.322 e. The van der Waals surface area contributed by atoms with Crippen molar-refractivity contribution in [3.8, 4) is 11.5 Å². The highest BCUT2D eigenvalue weighted by Gasteiger charge is 2.20. The number of anilines is 1. The Bertz CT molecular complexity index is 908. The predicted octanol–water partition coefficient (Wildman–Crippen LogP) is 3.66. The molecule has 1 aromatic heterocycles. The van der Waals surface area contributed by atoms with Crippen molar-refractivity contribution < 1.29 is 14.1 Å². The second-order valence-corrected chi connectivity index (χ2v) is 5.56. The Hall–Kier alpha value is -3.07. The molecule has 8 nitrogen and oxygen atoms in total. The van der Waals surface area contributed by atoms with Crippen molar-refractivity contribution in [2.24, 2.45) is 0 Å². The van der Waals surface area contributed by atoms with Gasteiger partial charge in [-0.1, -0.05) is 33.2 Å². The first-order valence-corrected chi connectivity index (χ1v) is 7.48. The number of carbonyl (C=O) groups excluding carboxylic acids is 1. The van der Waals surface area contributed by atoms with Crippen LogP contribution in [0, 0.1) is 10.1 Å². The van der Waals surface area contributed by atoms with E-state index in [-0.39, 0.29) is 23.2 Å². The van der Waals surface area contributed by atoms with Gasteiger partial charge in [-0.15, -0.1) is 5.10 Å². The lowest BCUT2D eigenvalue weighted by atomic mass is 10.2. The molecule has 3 aromatic rings. The van der Waals surface area contributed by atoms with Gasteiger partial charge in [0, 0.05) is 16.1 Å². The Kier molecular flexibility index (Phi) is 4.34. The zero-order valence-electron chi connectivity index (χ0n) is 12.0. The van der Waals surface area contributed by atoms with E-state index in [4.69, 9.17) is 4.42 Å². The fourth-order valence-corrected chi connectivity index (χ4v) is 2.23. The van der Waals surface area contributed by atoms with E-state index in [1.807, 2.05) is 0 Å². The maximum Gasteiger partial charge on any atom is 0.322 e. The van der Waals surface area contributed by atoms with Crippen molar-refractivity contribution in [3.05, 3.63) is 68.7 Å². The first-order valence-electron chi connectivity index (χ1n) is 6.69. The van der Waals surface area contributed by atoms with Gasteiger partial charge in [0.15, 0.2) is 0 Å². The summed E-state index contributed by atoms with van der Waals surface area (Å²) in [6.07, 6.45) is 0. The molecule has 0 spiro atoms. The van der Waals surface area contributed by atoms with Gasteiger partial charge in [0.05, 0.1) is 4.92 Å². The van der Waals surface area contributed by atoms with E-state index in [0.717, 1.165) is 4.47 Å². The molecule has 1 heterocycles. The largest absolute Gasteiger partial charge is 0.403 e. The van der Waals surface area contributed by atoms with Crippen LogP contribution in [0.3, 0.4) is 0 Å². The van der Waals surface area contributed by atoms with E-state index in [9.17, 15) is 14.9 Å². The summed E-state index contributed by atoms with van der Waals surface area (Å²) in [7, 11) is 0. The summed E-state index contributed by atoms with van der Waals surface area (Å²) in [4.78, 5) is 22.6. The molecule has 0 unspecified atom stereocenters. The fourth-order valence-electron chi connectivity index (χ4n) is 1.97. The van der Waals surface area contributed by atoms with E-state index < -0.39 is 10.8 Å². The minimum Gasteiger partial charge on any atom is -0.403 e. The van der Waals surface area contributed by atoms with Crippen LogP contribution in [-0.4, -0.2) is 21.0 Å². The number of nitro benzene ring substituents is 1. The van der Waals surface area contributed by atoms with Crippen molar-refractivity contribution >= 4 is 33.5 Å². The zero-order chi connectivity index (χ0) is 17.1. The van der Waals surface area contributed by atoms with Crippen LogP contribution in [0.15, 0.2) is 57.4 Å². The van der Waals surface area contributed by atoms with Crippen LogP contribution in [-0.2, 0) is 0 Å². The molecule has 24 heavy (non-hydrogen) atoms. The number of aromatic nitrogens is 2. The van der Waals surface area contributed by atoms with Gasteiger partial charge >= 0.3 is 6.01 Å². The van der Waals surface area contributed by atoms with Crippen LogP contribution in [0.2, 0.25) is 0 Å². The van der Waals surface area contributed by atoms with Gasteiger partial charge in [0.1, 0.15) is 5.56 Å². The van der Waals surface area contributed by atoms with Gasteiger partial charge in [-0.05, 0) is 30.3 Å². The van der Waals surface area contributed by atoms with Crippen LogP contribution in [0.1, 0.15) is 10.4 Å². The molecule has 0 saturated heterocycles. The van der Waals surface area contributed by atoms with E-state index in [1.54, 1.807) is 30.3 Å². The molecule has 0 radical (unpaired) electrons. The molecule has 2 aromatic carbocycles. The summed E-state index contributed by atoms with van der Waals surface area (Å²) in [6.45, 7) is 0. The Morgan fingerprint density at radius 3 is 2.54 bits per heavy atom. The van der Waals surface area contributed by atoms with Gasteiger partial charge in [-0.3, -0.25) is 20.2 Å². The van der Waals surface area contributed by atoms with Crippen LogP contribution in [0.4, 0.5) is 11.7 Å². The SMILES string of the molecule is O=C(Nc1nnc(-c2ccccc2[N+](=O)[O-])o1)c1ccc(Br)cc1. The van der Waals surface area contributed by atoms with Crippen LogP contribution >= 0.6 is 15.9 Å². The van der Waals surface area contributed by atoms with Crippen molar-refractivity contribution in [2.45, 2.75) is 0 Å². The number of carbonyl (C=O) groups is 1. The molecule has 0 bridgehead atoms. The monoisotopic (exact) mass is 388 g/mol. The van der Waals surface area contributed by atoms with Gasteiger partial charge in [-0.2, -0.15) is 0 Å². The molecule has 120 valence electrons. The van der Waals surface area contributed by atoms with Gasteiger partial charge < -0.3 is 4.42 Å². The van der Waals surface area contributed by atoms with E-state index in [2.05, 4.69) is 31.4 Å². The molecule has 0 aliphatic rings. The van der Waals surface area contributed by atoms with Crippen molar-refractivity contribution in [1.82, 2.24) is 10.2 Å². The Morgan fingerprint density at radius 2 is 1.83 bits per heavy atom. The van der Waals surface area contributed by atoms with Crippen molar-refractivity contribution in [3.63, 3.8) is 0 Å². The maximum absolute atomic E-state index is 12.1. The van der Waals surface area contributed by atoms with E-state index >= 15 is 0 Å². The first kappa shape index (κ1) is 15.8. The normalized spacial score (nSPS) is 10.4. The summed E-state index contributed by atoms with van der Waals surface area (Å²) in [5, 5.41) is 20.9. The average Bonchev–Trinajstić information content (AvgIpc) is 3.03. The third-order valence-corrected chi connectivity index (χ3v) is 3.61. The fraction of sp³-hybridized carbons (Fsp3) is 0. The molecule has 0 atom stereocenters. The number of amides is 1. The number of hydrogen-bond donors (Lipinski definition) is 1. The van der Waals surface area contributed by atoms with Gasteiger partial charge in [0.25, 0.3) is 17.5 Å². The van der Waals surface area contributed by atoms with Gasteiger partial charge in [0.2, 0.25) is 0 Å². The summed E-state index contributed by atoms with van der Waals surface area (Å²) in [5.74, 6) is -0.478. The lowest BCUT2D eigenvalue weighted by molar-refractivity contribution is -0.384. The second kappa shape index (κ2) is 6.59. The second-order valence-electron chi connectivity index (χ2n) is 4.65. The number of para-hydroxylation sites is 1. The molecular weight excluding hydrogens is 380 g/mol. The molecule has 0 fully saturated rings. The highest BCUT2D eigenvalue weighted by molar-refractivity contribution is 9.10. The molecule has 9 heteroatoms. The number of nitro groups is 1. The molecule has 3 rings (SSSR count). The summed E-state index contributed by atoms with van der Waals surface area (Å²) in [5.41, 5.74) is 0.426. The van der Waals surface area contributed by atoms with Crippen molar-refractivity contribution in [1.29, 1.82) is 0 Å². The number of rotatable bonds is 4. The Balaban J connectivity index is 1.83. The minimum atomic E-state index is -0.542. The number of nitrogens with zero attached hydrogens (tertiary/aromatic N) is 3. The minimum absolute atomic E-state index is 0.0478. The lowest BCUT2D eigenvalue weighted by Crippen LogP contribution is -2.11. The molecule has 0 aliphatic heterocycles. The van der Waals surface area contributed by atoms with Crippen LogP contribution < -0.4 is 5.32 Å². The van der Waals surface area contributed by atoms with Crippen molar-refractivity contribution in [2.75, 3.05) is 5.32 Å². The lowest BCUT2D eigenvalue weighted by Gasteiger charge is -2.00. The predicted molar refractivity (Wildman–Crippen MR) is 88.5 cm³/mol.